The summed E-state index contributed by atoms with van der Waals surface area (Å²) < 4.78 is 25.2. The summed E-state index contributed by atoms with van der Waals surface area (Å²) in [5, 5.41) is 12.9. The van der Waals surface area contributed by atoms with Crippen LogP contribution in [0.2, 0.25) is 5.02 Å². The molecule has 1 unspecified atom stereocenters. The van der Waals surface area contributed by atoms with Gasteiger partial charge in [0.1, 0.15) is 0 Å². The Labute approximate surface area is 129 Å². The predicted molar refractivity (Wildman–Crippen MR) is 83.5 cm³/mol. The van der Waals surface area contributed by atoms with Gasteiger partial charge in [0.25, 0.3) is 6.43 Å². The van der Waals surface area contributed by atoms with Gasteiger partial charge in [-0.1, -0.05) is 24.6 Å². The van der Waals surface area contributed by atoms with Gasteiger partial charge in [0.05, 0.1) is 13.2 Å². The van der Waals surface area contributed by atoms with Crippen LogP contribution in [0.1, 0.15) is 31.9 Å². The summed E-state index contributed by atoms with van der Waals surface area (Å²) in [6.07, 6.45) is -1.43. The molecule has 0 heterocycles. The lowest BCUT2D eigenvalue weighted by atomic mass is 10.1. The maximum Gasteiger partial charge on any atom is 0.255 e. The summed E-state index contributed by atoms with van der Waals surface area (Å²) in [5.41, 5.74) is 1.54. The van der Waals surface area contributed by atoms with E-state index in [0.717, 1.165) is 18.5 Å². The summed E-state index contributed by atoms with van der Waals surface area (Å²) in [5.74, 6) is 0. The number of hydrogen-bond donors (Lipinski definition) is 2. The molecule has 0 aromatic heterocycles. The van der Waals surface area contributed by atoms with E-state index in [-0.39, 0.29) is 19.2 Å². The second kappa shape index (κ2) is 9.18. The zero-order valence-corrected chi connectivity index (χ0v) is 13.2. The normalized spacial score (nSPS) is 12.7. The van der Waals surface area contributed by atoms with Crippen LogP contribution in [-0.4, -0.2) is 37.8 Å². The molecule has 120 valence electrons. The van der Waals surface area contributed by atoms with E-state index >= 15 is 0 Å². The summed E-state index contributed by atoms with van der Waals surface area (Å²) in [6.45, 7) is 4.55. The van der Waals surface area contributed by atoms with Crippen LogP contribution in [-0.2, 0) is 0 Å². The average Bonchev–Trinajstić information content (AvgIpc) is 2.43. The standard InChI is InChI=1S/C15H23ClF2N2O/c1-3-6-19-11(2)13-5-4-12(9-14(13)16)20(7-8-21)10-15(17)18/h4-5,9,11,15,19,21H,3,6-8,10H2,1-2H3. The Morgan fingerprint density at radius 1 is 1.38 bits per heavy atom. The molecular weight excluding hydrogens is 298 g/mol. The largest absolute Gasteiger partial charge is 0.395 e. The molecule has 6 heteroatoms. The fourth-order valence-electron chi connectivity index (χ4n) is 2.15. The topological polar surface area (TPSA) is 35.5 Å². The van der Waals surface area contributed by atoms with E-state index in [4.69, 9.17) is 16.7 Å². The number of halogens is 3. The summed E-state index contributed by atoms with van der Waals surface area (Å²) in [7, 11) is 0. The quantitative estimate of drug-likeness (QED) is 0.731. The molecule has 21 heavy (non-hydrogen) atoms. The molecule has 0 aliphatic heterocycles. The number of anilines is 1. The van der Waals surface area contributed by atoms with E-state index in [1.165, 1.54) is 4.90 Å². The first-order valence-corrected chi connectivity index (χ1v) is 7.54. The molecule has 2 N–H and O–H groups in total. The first kappa shape index (κ1) is 18.1. The molecule has 0 radical (unpaired) electrons. The number of hydrogen-bond acceptors (Lipinski definition) is 3. The zero-order valence-electron chi connectivity index (χ0n) is 12.5. The van der Waals surface area contributed by atoms with Gasteiger partial charge in [-0.15, -0.1) is 0 Å². The third-order valence-corrected chi connectivity index (χ3v) is 3.57. The number of nitrogens with one attached hydrogen (secondary N) is 1. The molecular formula is C15H23ClF2N2O. The lowest BCUT2D eigenvalue weighted by molar-refractivity contribution is 0.153. The number of benzene rings is 1. The zero-order chi connectivity index (χ0) is 15.8. The van der Waals surface area contributed by atoms with Crippen LogP contribution in [0.5, 0.6) is 0 Å². The van der Waals surface area contributed by atoms with Crippen LogP contribution in [0.15, 0.2) is 18.2 Å². The Bertz CT molecular complexity index is 432. The Balaban J connectivity index is 2.88. The second-order valence-corrected chi connectivity index (χ2v) is 5.35. The van der Waals surface area contributed by atoms with Crippen LogP contribution < -0.4 is 10.2 Å². The Kier molecular flexibility index (Phi) is 7.93. The Morgan fingerprint density at radius 3 is 2.62 bits per heavy atom. The molecule has 0 fully saturated rings. The number of aliphatic hydroxyl groups excluding tert-OH is 1. The number of aliphatic hydroxyl groups is 1. The van der Waals surface area contributed by atoms with Crippen molar-refractivity contribution in [2.45, 2.75) is 32.7 Å². The average molecular weight is 321 g/mol. The summed E-state index contributed by atoms with van der Waals surface area (Å²) in [4.78, 5) is 1.43. The van der Waals surface area contributed by atoms with Crippen molar-refractivity contribution in [3.8, 4) is 0 Å². The van der Waals surface area contributed by atoms with Gasteiger partial charge in [0.15, 0.2) is 0 Å². The van der Waals surface area contributed by atoms with E-state index in [9.17, 15) is 8.78 Å². The van der Waals surface area contributed by atoms with Gasteiger partial charge in [0, 0.05) is 23.3 Å². The van der Waals surface area contributed by atoms with E-state index in [1.54, 1.807) is 12.1 Å². The van der Waals surface area contributed by atoms with Gasteiger partial charge in [-0.2, -0.15) is 0 Å². The van der Waals surface area contributed by atoms with Crippen molar-refractivity contribution < 1.29 is 13.9 Å². The molecule has 3 nitrogen and oxygen atoms in total. The lowest BCUT2D eigenvalue weighted by Crippen LogP contribution is -2.31. The molecule has 0 bridgehead atoms. The highest BCUT2D eigenvalue weighted by Gasteiger charge is 2.15. The third kappa shape index (κ3) is 5.77. The molecule has 0 aliphatic carbocycles. The Morgan fingerprint density at radius 2 is 2.10 bits per heavy atom. The van der Waals surface area contributed by atoms with E-state index in [2.05, 4.69) is 12.2 Å². The van der Waals surface area contributed by atoms with E-state index in [0.29, 0.717) is 10.7 Å². The third-order valence-electron chi connectivity index (χ3n) is 3.24. The van der Waals surface area contributed by atoms with Crippen molar-refractivity contribution in [1.29, 1.82) is 0 Å². The van der Waals surface area contributed by atoms with E-state index in [1.807, 2.05) is 13.0 Å². The molecule has 0 amide bonds. The van der Waals surface area contributed by atoms with Gasteiger partial charge >= 0.3 is 0 Å². The van der Waals surface area contributed by atoms with Crippen molar-refractivity contribution >= 4 is 17.3 Å². The van der Waals surface area contributed by atoms with Crippen molar-refractivity contribution in [2.75, 3.05) is 31.1 Å². The van der Waals surface area contributed by atoms with Crippen LogP contribution in [0, 0.1) is 0 Å². The molecule has 1 rings (SSSR count). The number of rotatable bonds is 9. The van der Waals surface area contributed by atoms with Crippen LogP contribution >= 0.6 is 11.6 Å². The smallest absolute Gasteiger partial charge is 0.255 e. The lowest BCUT2D eigenvalue weighted by Gasteiger charge is -2.25. The first-order chi connectivity index (χ1) is 9.99. The molecule has 1 aromatic rings. The molecule has 1 atom stereocenters. The molecule has 0 aliphatic rings. The molecule has 0 spiro atoms. The first-order valence-electron chi connectivity index (χ1n) is 7.16. The van der Waals surface area contributed by atoms with Crippen LogP contribution in [0.4, 0.5) is 14.5 Å². The summed E-state index contributed by atoms with van der Waals surface area (Å²) in [6, 6.07) is 5.40. The minimum atomic E-state index is -2.46. The highest BCUT2D eigenvalue weighted by atomic mass is 35.5. The fourth-order valence-corrected chi connectivity index (χ4v) is 2.49. The molecule has 1 aromatic carbocycles. The second-order valence-electron chi connectivity index (χ2n) is 4.94. The monoisotopic (exact) mass is 320 g/mol. The number of alkyl halides is 2. The maximum atomic E-state index is 12.6. The minimum Gasteiger partial charge on any atom is -0.395 e. The summed E-state index contributed by atoms with van der Waals surface area (Å²) >= 11 is 6.27. The molecule has 0 saturated carbocycles. The van der Waals surface area contributed by atoms with Gasteiger partial charge in [-0.05, 0) is 37.6 Å². The van der Waals surface area contributed by atoms with Crippen molar-refractivity contribution in [3.63, 3.8) is 0 Å². The highest BCUT2D eigenvalue weighted by molar-refractivity contribution is 6.31. The number of nitrogens with zero attached hydrogens (tertiary/aromatic N) is 1. The van der Waals surface area contributed by atoms with Crippen LogP contribution in [0.3, 0.4) is 0 Å². The van der Waals surface area contributed by atoms with Gasteiger partial charge in [-0.25, -0.2) is 8.78 Å². The predicted octanol–water partition coefficient (Wildman–Crippen LogP) is 3.46. The molecule has 0 saturated heterocycles. The SMILES string of the molecule is CCCNC(C)c1ccc(N(CCO)CC(F)F)cc1Cl. The van der Waals surface area contributed by atoms with Crippen LogP contribution in [0.25, 0.3) is 0 Å². The highest BCUT2D eigenvalue weighted by Crippen LogP contribution is 2.28. The van der Waals surface area contributed by atoms with Crippen molar-refractivity contribution in [3.05, 3.63) is 28.8 Å². The van der Waals surface area contributed by atoms with Gasteiger partial charge in [0.2, 0.25) is 0 Å². The Hall–Kier alpha value is -0.910. The van der Waals surface area contributed by atoms with Crippen molar-refractivity contribution in [1.82, 2.24) is 5.32 Å². The minimum absolute atomic E-state index is 0.105. The van der Waals surface area contributed by atoms with Gasteiger partial charge < -0.3 is 15.3 Å². The van der Waals surface area contributed by atoms with Crippen molar-refractivity contribution in [2.24, 2.45) is 0 Å². The van der Waals surface area contributed by atoms with Gasteiger partial charge in [-0.3, -0.25) is 0 Å². The fraction of sp³-hybridized carbons (Fsp3) is 0.600. The van der Waals surface area contributed by atoms with E-state index < -0.39 is 13.0 Å². The maximum absolute atomic E-state index is 12.6.